The molecule has 3 nitrogen and oxygen atoms in total. The summed E-state index contributed by atoms with van der Waals surface area (Å²) in [5.74, 6) is 1.67. The lowest BCUT2D eigenvalue weighted by atomic mass is 10.1. The molecule has 0 amide bonds. The molecule has 0 atom stereocenters. The highest BCUT2D eigenvalue weighted by atomic mass is 79.9. The van der Waals surface area contributed by atoms with Crippen molar-refractivity contribution in [2.75, 3.05) is 12.1 Å². The number of ether oxygens (including phenoxy) is 2. The Morgan fingerprint density at radius 1 is 1.16 bits per heavy atom. The molecule has 4 heteroatoms. The highest BCUT2D eigenvalue weighted by Crippen LogP contribution is 2.36. The zero-order valence-electron chi connectivity index (χ0n) is 10.6. The molecule has 0 aliphatic carbocycles. The Balaban J connectivity index is 1.80. The van der Waals surface area contributed by atoms with Crippen LogP contribution in [0.1, 0.15) is 11.1 Å². The average molecular weight is 320 g/mol. The molecule has 2 aromatic carbocycles. The van der Waals surface area contributed by atoms with Crippen LogP contribution in [0.5, 0.6) is 11.5 Å². The molecule has 0 saturated heterocycles. The van der Waals surface area contributed by atoms with Crippen LogP contribution in [0.2, 0.25) is 0 Å². The van der Waals surface area contributed by atoms with E-state index in [1.54, 1.807) is 0 Å². The van der Waals surface area contributed by atoms with E-state index in [0.29, 0.717) is 13.3 Å². The lowest BCUT2D eigenvalue weighted by Gasteiger charge is -2.11. The van der Waals surface area contributed by atoms with Gasteiger partial charge >= 0.3 is 0 Å². The summed E-state index contributed by atoms with van der Waals surface area (Å²) >= 11 is 3.60. The molecule has 98 valence electrons. The van der Waals surface area contributed by atoms with Gasteiger partial charge in [0.15, 0.2) is 11.5 Å². The third kappa shape index (κ3) is 2.40. The predicted octanol–water partition coefficient (Wildman–Crippen LogP) is 4.10. The van der Waals surface area contributed by atoms with Gasteiger partial charge in [-0.1, -0.05) is 24.3 Å². The maximum absolute atomic E-state index is 5.50. The Labute approximate surface area is 120 Å². The van der Waals surface area contributed by atoms with Crippen molar-refractivity contribution in [1.82, 2.24) is 0 Å². The number of halogens is 1. The molecule has 1 N–H and O–H groups in total. The van der Waals surface area contributed by atoms with Crippen LogP contribution >= 0.6 is 15.9 Å². The van der Waals surface area contributed by atoms with E-state index in [2.05, 4.69) is 40.3 Å². The number of nitrogens with one attached hydrogen (secondary N) is 1. The van der Waals surface area contributed by atoms with Gasteiger partial charge in [-0.05, 0) is 40.5 Å². The molecule has 0 bridgehead atoms. The van der Waals surface area contributed by atoms with Gasteiger partial charge in [-0.3, -0.25) is 0 Å². The first-order chi connectivity index (χ1) is 9.25. The highest BCUT2D eigenvalue weighted by molar-refractivity contribution is 9.10. The number of hydrogen-bond acceptors (Lipinski definition) is 3. The van der Waals surface area contributed by atoms with Gasteiger partial charge in [0.25, 0.3) is 0 Å². The predicted molar refractivity (Wildman–Crippen MR) is 78.8 cm³/mol. The van der Waals surface area contributed by atoms with Gasteiger partial charge in [-0.15, -0.1) is 0 Å². The summed E-state index contributed by atoms with van der Waals surface area (Å²) in [6, 6.07) is 12.1. The van der Waals surface area contributed by atoms with E-state index < -0.39 is 0 Å². The molecule has 1 aliphatic heterocycles. The number of fused-ring (bicyclic) bond motifs is 1. The molecule has 0 unspecified atom stereocenters. The quantitative estimate of drug-likeness (QED) is 0.924. The van der Waals surface area contributed by atoms with Crippen LogP contribution in [0.4, 0.5) is 5.69 Å². The van der Waals surface area contributed by atoms with E-state index in [-0.39, 0.29) is 0 Å². The summed E-state index contributed by atoms with van der Waals surface area (Å²) in [5, 5.41) is 3.42. The molecule has 3 rings (SSSR count). The van der Waals surface area contributed by atoms with E-state index in [4.69, 9.17) is 9.47 Å². The van der Waals surface area contributed by atoms with E-state index in [1.165, 1.54) is 5.56 Å². The topological polar surface area (TPSA) is 30.5 Å². The fraction of sp³-hybridized carbons (Fsp3) is 0.200. The van der Waals surface area contributed by atoms with Gasteiger partial charge in [0.2, 0.25) is 6.79 Å². The fourth-order valence-electron chi connectivity index (χ4n) is 2.10. The van der Waals surface area contributed by atoms with Crippen molar-refractivity contribution in [2.24, 2.45) is 0 Å². The van der Waals surface area contributed by atoms with Crippen LogP contribution in [-0.4, -0.2) is 6.79 Å². The molecule has 0 spiro atoms. The van der Waals surface area contributed by atoms with Crippen molar-refractivity contribution in [3.05, 3.63) is 52.0 Å². The Kier molecular flexibility index (Phi) is 3.34. The van der Waals surface area contributed by atoms with Crippen LogP contribution < -0.4 is 14.8 Å². The van der Waals surface area contributed by atoms with Gasteiger partial charge in [-0.25, -0.2) is 0 Å². The Morgan fingerprint density at radius 3 is 2.89 bits per heavy atom. The molecule has 2 aromatic rings. The summed E-state index contributed by atoms with van der Waals surface area (Å²) < 4.78 is 12.0. The SMILES string of the molecule is Cc1cccc(NCc2cccc3c2OCO3)c1Br. The summed E-state index contributed by atoms with van der Waals surface area (Å²) in [7, 11) is 0. The first-order valence-electron chi connectivity index (χ1n) is 6.12. The smallest absolute Gasteiger partial charge is 0.231 e. The Hall–Kier alpha value is -1.68. The lowest BCUT2D eigenvalue weighted by molar-refractivity contribution is 0.173. The van der Waals surface area contributed by atoms with Gasteiger partial charge in [-0.2, -0.15) is 0 Å². The average Bonchev–Trinajstić information content (AvgIpc) is 2.89. The molecule has 0 fully saturated rings. The minimum Gasteiger partial charge on any atom is -0.454 e. The molecular formula is C15H14BrNO2. The zero-order valence-corrected chi connectivity index (χ0v) is 12.2. The van der Waals surface area contributed by atoms with Crippen LogP contribution in [0.15, 0.2) is 40.9 Å². The largest absolute Gasteiger partial charge is 0.454 e. The second-order valence-corrected chi connectivity index (χ2v) is 5.23. The molecule has 0 radical (unpaired) electrons. The summed E-state index contributed by atoms with van der Waals surface area (Å²) in [6.45, 7) is 3.08. The maximum Gasteiger partial charge on any atom is 0.231 e. The minimum atomic E-state index is 0.306. The third-order valence-electron chi connectivity index (χ3n) is 3.14. The van der Waals surface area contributed by atoms with Gasteiger partial charge in [0.05, 0.1) is 0 Å². The van der Waals surface area contributed by atoms with Crippen molar-refractivity contribution in [3.8, 4) is 11.5 Å². The first-order valence-corrected chi connectivity index (χ1v) is 6.91. The molecule has 1 aliphatic rings. The van der Waals surface area contributed by atoms with E-state index >= 15 is 0 Å². The lowest BCUT2D eigenvalue weighted by Crippen LogP contribution is -2.02. The molecule has 19 heavy (non-hydrogen) atoms. The van der Waals surface area contributed by atoms with Crippen molar-refractivity contribution in [2.45, 2.75) is 13.5 Å². The van der Waals surface area contributed by atoms with Crippen molar-refractivity contribution in [3.63, 3.8) is 0 Å². The number of rotatable bonds is 3. The van der Waals surface area contributed by atoms with Crippen LogP contribution in [0.3, 0.4) is 0 Å². The van der Waals surface area contributed by atoms with Crippen molar-refractivity contribution in [1.29, 1.82) is 0 Å². The Morgan fingerprint density at radius 2 is 2.00 bits per heavy atom. The number of aryl methyl sites for hydroxylation is 1. The standard InChI is InChI=1S/C15H14BrNO2/c1-10-4-2-6-12(14(10)16)17-8-11-5-3-7-13-15(11)19-9-18-13/h2-7,17H,8-9H2,1H3. The van der Waals surface area contributed by atoms with Crippen LogP contribution in [0, 0.1) is 6.92 Å². The summed E-state index contributed by atoms with van der Waals surface area (Å²) in [5.41, 5.74) is 3.39. The van der Waals surface area contributed by atoms with E-state index in [9.17, 15) is 0 Å². The molecular weight excluding hydrogens is 306 g/mol. The summed E-state index contributed by atoms with van der Waals surface area (Å²) in [4.78, 5) is 0. The third-order valence-corrected chi connectivity index (χ3v) is 4.19. The number of hydrogen-bond donors (Lipinski definition) is 1. The summed E-state index contributed by atoms with van der Waals surface area (Å²) in [6.07, 6.45) is 0. The molecule has 0 aromatic heterocycles. The number of benzene rings is 2. The zero-order chi connectivity index (χ0) is 13.2. The monoisotopic (exact) mass is 319 g/mol. The number of para-hydroxylation sites is 1. The van der Waals surface area contributed by atoms with Crippen LogP contribution in [0.25, 0.3) is 0 Å². The highest BCUT2D eigenvalue weighted by Gasteiger charge is 2.16. The molecule has 0 saturated carbocycles. The van der Waals surface area contributed by atoms with E-state index in [1.807, 2.05) is 24.3 Å². The molecule has 1 heterocycles. The van der Waals surface area contributed by atoms with Gasteiger partial charge in [0.1, 0.15) is 0 Å². The number of anilines is 1. The maximum atomic E-state index is 5.50. The van der Waals surface area contributed by atoms with Crippen molar-refractivity contribution >= 4 is 21.6 Å². The fourth-order valence-corrected chi connectivity index (χ4v) is 2.51. The van der Waals surface area contributed by atoms with Gasteiger partial charge in [0, 0.05) is 22.3 Å². The second kappa shape index (κ2) is 5.13. The van der Waals surface area contributed by atoms with Crippen molar-refractivity contribution < 1.29 is 9.47 Å². The first kappa shape index (κ1) is 12.4. The Bertz CT molecular complexity index is 613. The normalized spacial score (nSPS) is 12.5. The van der Waals surface area contributed by atoms with Crippen LogP contribution in [-0.2, 0) is 6.54 Å². The van der Waals surface area contributed by atoms with E-state index in [0.717, 1.165) is 27.2 Å². The van der Waals surface area contributed by atoms with Gasteiger partial charge < -0.3 is 14.8 Å². The second-order valence-electron chi connectivity index (χ2n) is 4.44. The minimum absolute atomic E-state index is 0.306.